The van der Waals surface area contributed by atoms with E-state index in [0.29, 0.717) is 18.9 Å². The van der Waals surface area contributed by atoms with Crippen molar-refractivity contribution in [3.63, 3.8) is 0 Å². The quantitative estimate of drug-likeness (QED) is 0.515. The van der Waals surface area contributed by atoms with Crippen molar-refractivity contribution in [2.75, 3.05) is 6.61 Å². The molecule has 0 aliphatic carbocycles. The van der Waals surface area contributed by atoms with Gasteiger partial charge in [0.1, 0.15) is 5.60 Å². The van der Waals surface area contributed by atoms with Crippen LogP contribution in [0.4, 0.5) is 0 Å². The van der Waals surface area contributed by atoms with Crippen molar-refractivity contribution in [3.8, 4) is 0 Å². The van der Waals surface area contributed by atoms with Crippen molar-refractivity contribution in [2.45, 2.75) is 52.2 Å². The van der Waals surface area contributed by atoms with E-state index in [2.05, 4.69) is 13.8 Å². The number of hydrogen-bond acceptors (Lipinski definition) is 3. The van der Waals surface area contributed by atoms with Gasteiger partial charge < -0.3 is 9.47 Å². The van der Waals surface area contributed by atoms with Crippen molar-refractivity contribution in [1.82, 2.24) is 0 Å². The Kier molecular flexibility index (Phi) is 2.91. The Labute approximate surface area is 85.8 Å². The molecule has 0 aromatic rings. The summed E-state index contributed by atoms with van der Waals surface area (Å²) < 4.78 is 10.7. The zero-order valence-electron chi connectivity index (χ0n) is 9.72. The van der Waals surface area contributed by atoms with Crippen LogP contribution in [0.5, 0.6) is 0 Å². The molecule has 2 atom stereocenters. The fourth-order valence-corrected chi connectivity index (χ4v) is 1.98. The van der Waals surface area contributed by atoms with Crippen LogP contribution in [0, 0.1) is 5.92 Å². The number of esters is 1. The fraction of sp³-hybridized carbons (Fsp3) is 0.909. The summed E-state index contributed by atoms with van der Waals surface area (Å²) in [7, 11) is 0. The molecule has 82 valence electrons. The summed E-state index contributed by atoms with van der Waals surface area (Å²) >= 11 is 0. The van der Waals surface area contributed by atoms with Gasteiger partial charge in [0.05, 0.1) is 6.61 Å². The standard InChI is InChI=1S/C11H20O3/c1-6-11(9(12)13-7-2)10(5,14-11)8(3)4/h8H,6-7H2,1-5H3. The summed E-state index contributed by atoms with van der Waals surface area (Å²) in [5.41, 5.74) is -1.02. The van der Waals surface area contributed by atoms with Gasteiger partial charge in [-0.25, -0.2) is 4.79 Å². The third-order valence-electron chi connectivity index (χ3n) is 3.35. The Hall–Kier alpha value is -0.570. The van der Waals surface area contributed by atoms with Gasteiger partial charge >= 0.3 is 5.97 Å². The minimum absolute atomic E-state index is 0.210. The van der Waals surface area contributed by atoms with Gasteiger partial charge in [0.2, 0.25) is 0 Å². The van der Waals surface area contributed by atoms with E-state index in [1.54, 1.807) is 0 Å². The molecular weight excluding hydrogens is 180 g/mol. The summed E-state index contributed by atoms with van der Waals surface area (Å²) in [5.74, 6) is 0.116. The molecule has 0 spiro atoms. The van der Waals surface area contributed by atoms with Crippen LogP contribution >= 0.6 is 0 Å². The number of ether oxygens (including phenoxy) is 2. The van der Waals surface area contributed by atoms with Crippen molar-refractivity contribution >= 4 is 5.97 Å². The minimum atomic E-state index is -0.683. The number of carbonyl (C=O) groups excluding carboxylic acids is 1. The van der Waals surface area contributed by atoms with Crippen LogP contribution in [-0.2, 0) is 14.3 Å². The predicted octanol–water partition coefficient (Wildman–Crippen LogP) is 2.14. The van der Waals surface area contributed by atoms with E-state index in [0.717, 1.165) is 0 Å². The second-order valence-electron chi connectivity index (χ2n) is 4.26. The van der Waals surface area contributed by atoms with Crippen LogP contribution in [0.3, 0.4) is 0 Å². The van der Waals surface area contributed by atoms with Crippen molar-refractivity contribution < 1.29 is 14.3 Å². The molecule has 1 rings (SSSR count). The number of hydrogen-bond donors (Lipinski definition) is 0. The normalized spacial score (nSPS) is 35.9. The summed E-state index contributed by atoms with van der Waals surface area (Å²) in [4.78, 5) is 11.7. The highest BCUT2D eigenvalue weighted by atomic mass is 16.7. The molecule has 1 fully saturated rings. The summed E-state index contributed by atoms with van der Waals surface area (Å²) in [6, 6.07) is 0. The first kappa shape index (κ1) is 11.5. The zero-order chi connectivity index (χ0) is 11.0. The lowest BCUT2D eigenvalue weighted by Gasteiger charge is -2.16. The first-order valence-electron chi connectivity index (χ1n) is 5.32. The minimum Gasteiger partial charge on any atom is -0.464 e. The van der Waals surface area contributed by atoms with E-state index in [1.165, 1.54) is 0 Å². The maximum Gasteiger partial charge on any atom is 0.341 e. The third-order valence-corrected chi connectivity index (χ3v) is 3.35. The Bertz CT molecular complexity index is 237. The highest BCUT2D eigenvalue weighted by Gasteiger charge is 2.72. The molecule has 1 heterocycles. The molecule has 0 aromatic heterocycles. The van der Waals surface area contributed by atoms with E-state index in [9.17, 15) is 4.79 Å². The lowest BCUT2D eigenvalue weighted by Crippen LogP contribution is -2.36. The Morgan fingerprint density at radius 3 is 2.29 bits per heavy atom. The van der Waals surface area contributed by atoms with Gasteiger partial charge in [-0.2, -0.15) is 0 Å². The van der Waals surface area contributed by atoms with E-state index >= 15 is 0 Å². The molecular formula is C11H20O3. The van der Waals surface area contributed by atoms with Crippen molar-refractivity contribution in [2.24, 2.45) is 5.92 Å². The number of epoxide rings is 1. The van der Waals surface area contributed by atoms with Gasteiger partial charge in [-0.3, -0.25) is 0 Å². The van der Waals surface area contributed by atoms with E-state index < -0.39 is 5.60 Å². The highest BCUT2D eigenvalue weighted by Crippen LogP contribution is 2.55. The van der Waals surface area contributed by atoms with Gasteiger partial charge in [-0.05, 0) is 26.2 Å². The molecule has 14 heavy (non-hydrogen) atoms. The molecule has 0 aromatic carbocycles. The molecule has 3 heteroatoms. The highest BCUT2D eigenvalue weighted by molar-refractivity contribution is 5.84. The van der Waals surface area contributed by atoms with Gasteiger partial charge in [0.25, 0.3) is 0 Å². The zero-order valence-corrected chi connectivity index (χ0v) is 9.72. The number of rotatable bonds is 4. The molecule has 1 saturated heterocycles. The maximum absolute atomic E-state index is 11.7. The van der Waals surface area contributed by atoms with Crippen molar-refractivity contribution in [1.29, 1.82) is 0 Å². The molecule has 1 aliphatic heterocycles. The third kappa shape index (κ3) is 1.34. The molecule has 0 bridgehead atoms. The van der Waals surface area contributed by atoms with Gasteiger partial charge in [0, 0.05) is 0 Å². The summed E-state index contributed by atoms with van der Waals surface area (Å²) in [5, 5.41) is 0. The van der Waals surface area contributed by atoms with Crippen LogP contribution in [0.25, 0.3) is 0 Å². The molecule has 0 radical (unpaired) electrons. The maximum atomic E-state index is 11.7. The summed E-state index contributed by atoms with van der Waals surface area (Å²) in [6.45, 7) is 10.3. The summed E-state index contributed by atoms with van der Waals surface area (Å²) in [6.07, 6.45) is 0.681. The lowest BCUT2D eigenvalue weighted by molar-refractivity contribution is -0.149. The molecule has 3 nitrogen and oxygen atoms in total. The molecule has 2 unspecified atom stereocenters. The molecule has 0 amide bonds. The average Bonchev–Trinajstić information content (AvgIpc) is 2.75. The molecule has 1 aliphatic rings. The van der Waals surface area contributed by atoms with Gasteiger partial charge in [0.15, 0.2) is 5.60 Å². The van der Waals surface area contributed by atoms with Crippen LogP contribution < -0.4 is 0 Å². The SMILES string of the molecule is CCOC(=O)C1(CC)OC1(C)C(C)C. The van der Waals surface area contributed by atoms with Crippen LogP contribution in [-0.4, -0.2) is 23.8 Å². The second kappa shape index (κ2) is 3.54. The topological polar surface area (TPSA) is 38.8 Å². The van der Waals surface area contributed by atoms with E-state index in [-0.39, 0.29) is 11.6 Å². The monoisotopic (exact) mass is 200 g/mol. The van der Waals surface area contributed by atoms with Gasteiger partial charge in [-0.15, -0.1) is 0 Å². The lowest BCUT2D eigenvalue weighted by atomic mass is 9.83. The first-order chi connectivity index (χ1) is 6.44. The van der Waals surface area contributed by atoms with E-state index in [4.69, 9.17) is 9.47 Å². The number of carbonyl (C=O) groups is 1. The smallest absolute Gasteiger partial charge is 0.341 e. The Morgan fingerprint density at radius 2 is 2.00 bits per heavy atom. The Morgan fingerprint density at radius 1 is 1.43 bits per heavy atom. The van der Waals surface area contributed by atoms with Crippen LogP contribution in [0.15, 0.2) is 0 Å². The average molecular weight is 200 g/mol. The predicted molar refractivity (Wildman–Crippen MR) is 54.0 cm³/mol. The molecule has 0 N–H and O–H groups in total. The molecule has 0 saturated carbocycles. The first-order valence-corrected chi connectivity index (χ1v) is 5.32. The Balaban J connectivity index is 2.79. The van der Waals surface area contributed by atoms with E-state index in [1.807, 2.05) is 20.8 Å². The largest absolute Gasteiger partial charge is 0.464 e. The van der Waals surface area contributed by atoms with Gasteiger partial charge in [-0.1, -0.05) is 20.8 Å². The fourth-order valence-electron chi connectivity index (χ4n) is 1.98. The van der Waals surface area contributed by atoms with Crippen LogP contribution in [0.1, 0.15) is 41.0 Å². The van der Waals surface area contributed by atoms with Crippen LogP contribution in [0.2, 0.25) is 0 Å². The second-order valence-corrected chi connectivity index (χ2v) is 4.26. The van der Waals surface area contributed by atoms with Crippen molar-refractivity contribution in [3.05, 3.63) is 0 Å².